The number of carbonyl (C=O) groups excluding carboxylic acids is 1. The van der Waals surface area contributed by atoms with E-state index in [4.69, 9.17) is 5.73 Å². The molecule has 1 rings (SSSR count). The van der Waals surface area contributed by atoms with Gasteiger partial charge >= 0.3 is 0 Å². The third kappa shape index (κ3) is 3.54. The predicted octanol–water partition coefficient (Wildman–Crippen LogP) is 2.99. The summed E-state index contributed by atoms with van der Waals surface area (Å²) in [5, 5.41) is 2.90. The first-order valence-electron chi connectivity index (χ1n) is 5.66. The van der Waals surface area contributed by atoms with Gasteiger partial charge in [-0.2, -0.15) is 0 Å². The molecule has 0 radical (unpaired) electrons. The van der Waals surface area contributed by atoms with Crippen LogP contribution in [0.15, 0.2) is 16.6 Å². The van der Waals surface area contributed by atoms with Crippen molar-refractivity contribution in [3.8, 4) is 0 Å². The average molecular weight is 299 g/mol. The number of benzene rings is 1. The van der Waals surface area contributed by atoms with Gasteiger partial charge in [0.1, 0.15) is 0 Å². The van der Waals surface area contributed by atoms with Crippen LogP contribution in [0.25, 0.3) is 0 Å². The minimum atomic E-state index is -0.475. The van der Waals surface area contributed by atoms with E-state index in [0.29, 0.717) is 0 Å². The second kappa shape index (κ2) is 5.65. The molecule has 0 bridgehead atoms. The van der Waals surface area contributed by atoms with Gasteiger partial charge in [-0.15, -0.1) is 0 Å². The van der Waals surface area contributed by atoms with Crippen LogP contribution in [0.4, 0.5) is 5.69 Å². The van der Waals surface area contributed by atoms with Crippen molar-refractivity contribution in [3.63, 3.8) is 0 Å². The van der Waals surface area contributed by atoms with Gasteiger partial charge in [0.2, 0.25) is 5.91 Å². The van der Waals surface area contributed by atoms with Crippen molar-refractivity contribution in [2.24, 2.45) is 11.7 Å². The zero-order chi connectivity index (χ0) is 13.2. The molecule has 0 aromatic heterocycles. The summed E-state index contributed by atoms with van der Waals surface area (Å²) >= 11 is 3.43. The maximum atomic E-state index is 11.9. The lowest BCUT2D eigenvalue weighted by atomic mass is 10.0. The Morgan fingerprint density at radius 1 is 1.29 bits per heavy atom. The van der Waals surface area contributed by atoms with Gasteiger partial charge in [-0.3, -0.25) is 4.79 Å². The van der Waals surface area contributed by atoms with Crippen LogP contribution in [0.1, 0.15) is 25.0 Å². The zero-order valence-corrected chi connectivity index (χ0v) is 12.3. The van der Waals surface area contributed by atoms with Crippen molar-refractivity contribution in [3.05, 3.63) is 27.7 Å². The van der Waals surface area contributed by atoms with Crippen LogP contribution in [-0.2, 0) is 4.79 Å². The molecule has 4 heteroatoms. The molecule has 1 aromatic carbocycles. The van der Waals surface area contributed by atoms with E-state index < -0.39 is 6.04 Å². The summed E-state index contributed by atoms with van der Waals surface area (Å²) in [6, 6.07) is 3.48. The fraction of sp³-hybridized carbons (Fsp3) is 0.462. The lowest BCUT2D eigenvalue weighted by molar-refractivity contribution is -0.118. The fourth-order valence-corrected chi connectivity index (χ4v) is 2.30. The number of carbonyl (C=O) groups is 1. The lowest BCUT2D eigenvalue weighted by Gasteiger charge is -2.18. The Kier molecular flexibility index (Phi) is 4.71. The van der Waals surface area contributed by atoms with Gasteiger partial charge in [-0.05, 0) is 43.0 Å². The van der Waals surface area contributed by atoms with Crippen molar-refractivity contribution in [2.45, 2.75) is 33.7 Å². The first kappa shape index (κ1) is 14.2. The van der Waals surface area contributed by atoms with Crippen LogP contribution in [-0.4, -0.2) is 11.9 Å². The zero-order valence-electron chi connectivity index (χ0n) is 10.7. The first-order valence-corrected chi connectivity index (χ1v) is 6.45. The fourth-order valence-electron chi connectivity index (χ4n) is 1.62. The number of aryl methyl sites for hydroxylation is 2. The van der Waals surface area contributed by atoms with Crippen molar-refractivity contribution >= 4 is 27.5 Å². The molecule has 3 nitrogen and oxygen atoms in total. The molecule has 0 heterocycles. The average Bonchev–Trinajstić information content (AvgIpc) is 2.21. The molecule has 1 atom stereocenters. The summed E-state index contributed by atoms with van der Waals surface area (Å²) < 4.78 is 1.01. The number of nitrogens with two attached hydrogens (primary N) is 1. The van der Waals surface area contributed by atoms with Gasteiger partial charge in [0.05, 0.1) is 6.04 Å². The molecule has 94 valence electrons. The standard InChI is InChI=1S/C13H19BrN2O/c1-7(2)11(15)13(17)16-12-8(3)5-10(14)6-9(12)4/h5-7,11H,15H2,1-4H3,(H,16,17)/t11-/m0/s1. The van der Waals surface area contributed by atoms with Crippen LogP contribution >= 0.6 is 15.9 Å². The smallest absolute Gasteiger partial charge is 0.241 e. The van der Waals surface area contributed by atoms with E-state index in [1.54, 1.807) is 0 Å². The number of hydrogen-bond acceptors (Lipinski definition) is 2. The third-order valence-corrected chi connectivity index (χ3v) is 3.22. The Morgan fingerprint density at radius 3 is 2.18 bits per heavy atom. The molecule has 0 spiro atoms. The monoisotopic (exact) mass is 298 g/mol. The van der Waals surface area contributed by atoms with Crippen LogP contribution in [0, 0.1) is 19.8 Å². The van der Waals surface area contributed by atoms with Gasteiger partial charge in [-0.1, -0.05) is 29.8 Å². The Labute approximate surface area is 111 Å². The van der Waals surface area contributed by atoms with Gasteiger partial charge < -0.3 is 11.1 Å². The van der Waals surface area contributed by atoms with E-state index in [9.17, 15) is 4.79 Å². The molecular weight excluding hydrogens is 280 g/mol. The Balaban J connectivity index is 2.93. The second-order valence-corrected chi connectivity index (χ2v) is 5.59. The number of halogens is 1. The van der Waals surface area contributed by atoms with Gasteiger partial charge in [0, 0.05) is 10.2 Å². The maximum absolute atomic E-state index is 11.9. The highest BCUT2D eigenvalue weighted by molar-refractivity contribution is 9.10. The molecule has 1 aromatic rings. The minimum Gasteiger partial charge on any atom is -0.324 e. The van der Waals surface area contributed by atoms with E-state index in [1.807, 2.05) is 39.8 Å². The van der Waals surface area contributed by atoms with Gasteiger partial charge in [0.15, 0.2) is 0 Å². The topological polar surface area (TPSA) is 55.1 Å². The van der Waals surface area contributed by atoms with E-state index in [-0.39, 0.29) is 11.8 Å². The van der Waals surface area contributed by atoms with Crippen molar-refractivity contribution in [1.29, 1.82) is 0 Å². The second-order valence-electron chi connectivity index (χ2n) is 4.67. The highest BCUT2D eigenvalue weighted by Gasteiger charge is 2.18. The summed E-state index contributed by atoms with van der Waals surface area (Å²) in [6.45, 7) is 7.81. The molecule has 3 N–H and O–H groups in total. The normalized spacial score (nSPS) is 12.6. The Morgan fingerprint density at radius 2 is 1.76 bits per heavy atom. The molecule has 0 fully saturated rings. The molecule has 0 saturated carbocycles. The number of hydrogen-bond donors (Lipinski definition) is 2. The number of rotatable bonds is 3. The van der Waals surface area contributed by atoms with Crippen LogP contribution in [0.5, 0.6) is 0 Å². The minimum absolute atomic E-state index is 0.131. The van der Waals surface area contributed by atoms with E-state index in [1.165, 1.54) is 0 Å². The number of amides is 1. The molecule has 0 aliphatic rings. The summed E-state index contributed by atoms with van der Waals surface area (Å²) in [6.07, 6.45) is 0. The largest absolute Gasteiger partial charge is 0.324 e. The van der Waals surface area contributed by atoms with E-state index in [0.717, 1.165) is 21.3 Å². The quantitative estimate of drug-likeness (QED) is 0.901. The van der Waals surface area contributed by atoms with Crippen molar-refractivity contribution < 1.29 is 4.79 Å². The molecule has 0 aliphatic heterocycles. The number of nitrogens with one attached hydrogen (secondary N) is 1. The molecule has 17 heavy (non-hydrogen) atoms. The third-order valence-electron chi connectivity index (χ3n) is 2.77. The summed E-state index contributed by atoms with van der Waals surface area (Å²) in [5.74, 6) is -0.000386. The van der Waals surface area contributed by atoms with E-state index in [2.05, 4.69) is 21.2 Å². The van der Waals surface area contributed by atoms with Gasteiger partial charge in [-0.25, -0.2) is 0 Å². The highest BCUT2D eigenvalue weighted by atomic mass is 79.9. The summed E-state index contributed by atoms with van der Waals surface area (Å²) in [5.41, 5.74) is 8.73. The molecular formula is C13H19BrN2O. The lowest BCUT2D eigenvalue weighted by Crippen LogP contribution is -2.40. The van der Waals surface area contributed by atoms with Crippen LogP contribution in [0.2, 0.25) is 0 Å². The molecule has 0 unspecified atom stereocenters. The van der Waals surface area contributed by atoms with Crippen LogP contribution in [0.3, 0.4) is 0 Å². The first-order chi connectivity index (χ1) is 7.82. The van der Waals surface area contributed by atoms with E-state index >= 15 is 0 Å². The maximum Gasteiger partial charge on any atom is 0.241 e. The molecule has 0 aliphatic carbocycles. The summed E-state index contributed by atoms with van der Waals surface area (Å²) in [7, 11) is 0. The van der Waals surface area contributed by atoms with Crippen molar-refractivity contribution in [2.75, 3.05) is 5.32 Å². The Bertz CT molecular complexity index is 406. The number of anilines is 1. The Hall–Kier alpha value is -0.870. The van der Waals surface area contributed by atoms with Crippen LogP contribution < -0.4 is 11.1 Å². The predicted molar refractivity (Wildman–Crippen MR) is 75.1 cm³/mol. The molecule has 0 saturated heterocycles. The highest BCUT2D eigenvalue weighted by Crippen LogP contribution is 2.25. The molecule has 1 amide bonds. The van der Waals surface area contributed by atoms with Crippen molar-refractivity contribution in [1.82, 2.24) is 0 Å². The SMILES string of the molecule is Cc1cc(Br)cc(C)c1NC(=O)[C@@H](N)C(C)C. The van der Waals surface area contributed by atoms with Gasteiger partial charge in [0.25, 0.3) is 0 Å². The summed E-state index contributed by atoms with van der Waals surface area (Å²) in [4.78, 5) is 11.9.